The SMILES string of the molecule is CCCCCCCCCCCCCCCCCCC(O)c1c(CO)cnc(C)c1O.[NaH]. The number of pyridine rings is 1. The number of unbranched alkanes of at least 4 members (excludes halogenated alkanes) is 15. The van der Waals surface area contributed by atoms with Gasteiger partial charge < -0.3 is 15.3 Å². The summed E-state index contributed by atoms with van der Waals surface area (Å²) in [7, 11) is 0. The zero-order chi connectivity index (χ0) is 22.0. The Bertz CT molecular complexity index is 554. The van der Waals surface area contributed by atoms with Gasteiger partial charge in [-0.3, -0.25) is 4.98 Å². The van der Waals surface area contributed by atoms with Crippen LogP contribution in [0.25, 0.3) is 0 Å². The van der Waals surface area contributed by atoms with Gasteiger partial charge in [-0.1, -0.05) is 110 Å². The molecule has 0 aliphatic heterocycles. The van der Waals surface area contributed by atoms with Gasteiger partial charge in [0.25, 0.3) is 0 Å². The number of aromatic nitrogens is 1. The Hall–Kier alpha value is -0.130. The van der Waals surface area contributed by atoms with E-state index in [9.17, 15) is 15.3 Å². The quantitative estimate of drug-likeness (QED) is 0.165. The first-order valence-corrected chi connectivity index (χ1v) is 12.6. The van der Waals surface area contributed by atoms with Crippen LogP contribution in [0.2, 0.25) is 0 Å². The molecule has 4 nitrogen and oxygen atoms in total. The number of hydrogen-bond acceptors (Lipinski definition) is 4. The van der Waals surface area contributed by atoms with Crippen molar-refractivity contribution in [2.45, 2.75) is 136 Å². The molecule has 5 heteroatoms. The molecule has 31 heavy (non-hydrogen) atoms. The molecule has 0 saturated carbocycles. The van der Waals surface area contributed by atoms with E-state index in [1.165, 1.54) is 89.9 Å². The monoisotopic (exact) mass is 445 g/mol. The summed E-state index contributed by atoms with van der Waals surface area (Å²) in [5.74, 6) is 0.0190. The van der Waals surface area contributed by atoms with E-state index in [4.69, 9.17) is 0 Å². The fraction of sp³-hybridized carbons (Fsp3) is 0.808. The Kier molecular flexibility index (Phi) is 20.4. The van der Waals surface area contributed by atoms with Crippen LogP contribution in [0.5, 0.6) is 5.75 Å². The second-order valence-electron chi connectivity index (χ2n) is 8.90. The average molecular weight is 446 g/mol. The molecule has 0 radical (unpaired) electrons. The third kappa shape index (κ3) is 13.9. The fourth-order valence-corrected chi connectivity index (χ4v) is 4.18. The van der Waals surface area contributed by atoms with Crippen molar-refractivity contribution in [1.29, 1.82) is 0 Å². The van der Waals surface area contributed by atoms with E-state index in [1.807, 2.05) is 0 Å². The Labute approximate surface area is 213 Å². The first-order valence-electron chi connectivity index (χ1n) is 12.6. The van der Waals surface area contributed by atoms with Gasteiger partial charge >= 0.3 is 29.6 Å². The summed E-state index contributed by atoms with van der Waals surface area (Å²) in [5, 5.41) is 30.1. The van der Waals surface area contributed by atoms with Gasteiger partial charge in [-0.2, -0.15) is 0 Å². The number of aliphatic hydroxyl groups excluding tert-OH is 2. The van der Waals surface area contributed by atoms with Crippen LogP contribution >= 0.6 is 0 Å². The Morgan fingerprint density at radius 3 is 1.61 bits per heavy atom. The summed E-state index contributed by atoms with van der Waals surface area (Å²) in [6.07, 6.45) is 22.6. The molecule has 1 rings (SSSR count). The minimum absolute atomic E-state index is 0. The molecule has 176 valence electrons. The van der Waals surface area contributed by atoms with Crippen molar-refractivity contribution < 1.29 is 15.3 Å². The molecule has 1 aromatic rings. The molecule has 0 amide bonds. The van der Waals surface area contributed by atoms with Crippen LogP contribution in [0.3, 0.4) is 0 Å². The predicted octanol–water partition coefficient (Wildman–Crippen LogP) is 6.62. The summed E-state index contributed by atoms with van der Waals surface area (Å²) in [4.78, 5) is 4.05. The Morgan fingerprint density at radius 2 is 1.19 bits per heavy atom. The molecule has 0 fully saturated rings. The molecular weight excluding hydrogens is 397 g/mol. The second-order valence-corrected chi connectivity index (χ2v) is 8.90. The molecule has 1 atom stereocenters. The molecule has 1 unspecified atom stereocenters. The maximum absolute atomic E-state index is 10.5. The van der Waals surface area contributed by atoms with Crippen LogP contribution in [0.1, 0.15) is 139 Å². The van der Waals surface area contributed by atoms with E-state index < -0.39 is 6.10 Å². The van der Waals surface area contributed by atoms with Crippen molar-refractivity contribution in [2.24, 2.45) is 0 Å². The number of rotatable bonds is 19. The van der Waals surface area contributed by atoms with Crippen LogP contribution < -0.4 is 0 Å². The molecule has 0 bridgehead atoms. The van der Waals surface area contributed by atoms with Gasteiger partial charge in [-0.15, -0.1) is 0 Å². The standard InChI is InChI=1S/C26H47NO3.Na.H/c1-3-4-5-6-7-8-9-10-11-12-13-14-15-16-17-18-19-24(29)25-23(21-28)20-27-22(2)26(25)30;;/h20,24,28-30H,3-19,21H2,1-2H3;;. The van der Waals surface area contributed by atoms with Crippen LogP contribution in [-0.2, 0) is 6.61 Å². The first kappa shape index (κ1) is 30.9. The molecule has 1 heterocycles. The minimum atomic E-state index is -0.736. The van der Waals surface area contributed by atoms with Gasteiger partial charge in [0.15, 0.2) is 0 Å². The summed E-state index contributed by atoms with van der Waals surface area (Å²) >= 11 is 0. The summed E-state index contributed by atoms with van der Waals surface area (Å²) in [5.41, 5.74) is 1.46. The van der Waals surface area contributed by atoms with Gasteiger partial charge in [0.2, 0.25) is 0 Å². The third-order valence-electron chi connectivity index (χ3n) is 6.19. The zero-order valence-corrected chi connectivity index (χ0v) is 19.7. The van der Waals surface area contributed by atoms with Gasteiger partial charge in [-0.25, -0.2) is 0 Å². The van der Waals surface area contributed by atoms with Crippen LogP contribution in [0.15, 0.2) is 6.20 Å². The molecule has 0 spiro atoms. The fourth-order valence-electron chi connectivity index (χ4n) is 4.18. The summed E-state index contributed by atoms with van der Waals surface area (Å²) in [6.45, 7) is 3.77. The number of nitrogens with zero attached hydrogens (tertiary/aromatic N) is 1. The van der Waals surface area contributed by atoms with Crippen molar-refractivity contribution in [3.63, 3.8) is 0 Å². The molecule has 3 N–H and O–H groups in total. The van der Waals surface area contributed by atoms with E-state index in [0.29, 0.717) is 23.2 Å². The number of hydrogen-bond donors (Lipinski definition) is 3. The van der Waals surface area contributed by atoms with E-state index in [0.717, 1.165) is 12.8 Å². The average Bonchev–Trinajstić information content (AvgIpc) is 2.75. The Balaban J connectivity index is 0.00000900. The molecule has 0 aromatic carbocycles. The number of aliphatic hydroxyl groups is 2. The van der Waals surface area contributed by atoms with E-state index in [1.54, 1.807) is 13.1 Å². The van der Waals surface area contributed by atoms with Crippen molar-refractivity contribution in [1.82, 2.24) is 4.98 Å². The summed E-state index contributed by atoms with van der Waals surface area (Å²) in [6, 6.07) is 0. The van der Waals surface area contributed by atoms with Gasteiger partial charge in [0.05, 0.1) is 18.4 Å². The first-order chi connectivity index (χ1) is 14.6. The van der Waals surface area contributed by atoms with Crippen LogP contribution in [-0.4, -0.2) is 49.9 Å². The molecule has 1 aromatic heterocycles. The second kappa shape index (κ2) is 20.5. The normalized spacial score (nSPS) is 12.0. The van der Waals surface area contributed by atoms with Crippen molar-refractivity contribution in [3.8, 4) is 5.75 Å². The Morgan fingerprint density at radius 1 is 0.774 bits per heavy atom. The molecule has 0 aliphatic rings. The topological polar surface area (TPSA) is 73.6 Å². The number of aryl methyl sites for hydroxylation is 1. The van der Waals surface area contributed by atoms with Crippen LogP contribution in [0, 0.1) is 6.92 Å². The van der Waals surface area contributed by atoms with Crippen molar-refractivity contribution in [3.05, 3.63) is 23.0 Å². The van der Waals surface area contributed by atoms with Crippen molar-refractivity contribution >= 4 is 29.6 Å². The van der Waals surface area contributed by atoms with E-state index >= 15 is 0 Å². The van der Waals surface area contributed by atoms with E-state index in [-0.39, 0.29) is 41.9 Å². The van der Waals surface area contributed by atoms with Crippen LogP contribution in [0.4, 0.5) is 0 Å². The maximum atomic E-state index is 10.5. The number of aromatic hydroxyl groups is 1. The molecular formula is C26H48NNaO3. The van der Waals surface area contributed by atoms with Gasteiger partial charge in [-0.05, 0) is 13.3 Å². The van der Waals surface area contributed by atoms with Gasteiger partial charge in [0, 0.05) is 17.3 Å². The summed E-state index contributed by atoms with van der Waals surface area (Å²) < 4.78 is 0. The van der Waals surface area contributed by atoms with E-state index in [2.05, 4.69) is 11.9 Å². The third-order valence-corrected chi connectivity index (χ3v) is 6.19. The molecule has 0 aliphatic carbocycles. The van der Waals surface area contributed by atoms with Crippen molar-refractivity contribution in [2.75, 3.05) is 0 Å². The predicted molar refractivity (Wildman–Crippen MR) is 133 cm³/mol. The van der Waals surface area contributed by atoms with Gasteiger partial charge in [0.1, 0.15) is 5.75 Å². The zero-order valence-electron chi connectivity index (χ0n) is 19.7. The molecule has 0 saturated heterocycles.